The zero-order valence-electron chi connectivity index (χ0n) is 13.7. The minimum atomic E-state index is -0.652. The molecule has 1 N–H and O–H groups in total. The van der Waals surface area contributed by atoms with Gasteiger partial charge in [0.2, 0.25) is 17.7 Å². The Morgan fingerprint density at radius 1 is 1.00 bits per heavy atom. The number of rotatable bonds is 3. The Balaban J connectivity index is 2.41. The topological polar surface area (TPSA) is 66.5 Å². The van der Waals surface area contributed by atoms with Gasteiger partial charge in [0.15, 0.2) is 0 Å². The minimum Gasteiger partial charge on any atom is -0.343 e. The van der Waals surface area contributed by atoms with Crippen LogP contribution in [0.15, 0.2) is 0 Å². The highest BCUT2D eigenvalue weighted by Crippen LogP contribution is 2.57. The quantitative estimate of drug-likeness (QED) is 0.806. The van der Waals surface area contributed by atoms with Crippen molar-refractivity contribution >= 4 is 17.7 Å². The second-order valence-electron chi connectivity index (χ2n) is 7.47. The molecular weight excluding hydrogens is 268 g/mol. The summed E-state index contributed by atoms with van der Waals surface area (Å²) >= 11 is 0. The standard InChI is InChI=1S/C16H26N2O3/c1-6-18(7-2)13(21)16(5)9-14(3)8-15(4,10-16)12(20)17-11(14)19/h6-10H2,1-5H3,(H,17,19,20). The number of fused-ring (bicyclic) bond motifs is 2. The van der Waals surface area contributed by atoms with Crippen LogP contribution in [0.5, 0.6) is 0 Å². The molecule has 21 heavy (non-hydrogen) atoms. The van der Waals surface area contributed by atoms with Gasteiger partial charge in [-0.15, -0.1) is 0 Å². The van der Waals surface area contributed by atoms with E-state index in [0.29, 0.717) is 32.4 Å². The van der Waals surface area contributed by atoms with E-state index in [9.17, 15) is 14.4 Å². The fourth-order valence-electron chi connectivity index (χ4n) is 4.54. The van der Waals surface area contributed by atoms with E-state index in [-0.39, 0.29) is 17.7 Å². The van der Waals surface area contributed by atoms with Crippen LogP contribution >= 0.6 is 0 Å². The zero-order valence-corrected chi connectivity index (χ0v) is 13.7. The summed E-state index contributed by atoms with van der Waals surface area (Å²) in [6.45, 7) is 10.9. The van der Waals surface area contributed by atoms with Crippen LogP contribution in [0.25, 0.3) is 0 Å². The molecule has 2 atom stereocenters. The maximum Gasteiger partial charge on any atom is 0.232 e. The van der Waals surface area contributed by atoms with Crippen LogP contribution in [-0.2, 0) is 14.4 Å². The third kappa shape index (κ3) is 2.36. The van der Waals surface area contributed by atoms with E-state index in [1.54, 1.807) is 4.90 Å². The molecule has 3 amide bonds. The van der Waals surface area contributed by atoms with Gasteiger partial charge in [-0.1, -0.05) is 20.8 Å². The van der Waals surface area contributed by atoms with Crippen LogP contribution in [-0.4, -0.2) is 35.7 Å². The van der Waals surface area contributed by atoms with E-state index in [2.05, 4.69) is 5.32 Å². The normalized spacial score (nSPS) is 38.9. The van der Waals surface area contributed by atoms with Crippen molar-refractivity contribution < 1.29 is 14.4 Å². The first-order chi connectivity index (χ1) is 9.60. The highest BCUT2D eigenvalue weighted by Gasteiger charge is 2.61. The second-order valence-corrected chi connectivity index (χ2v) is 7.47. The molecular formula is C16H26N2O3. The van der Waals surface area contributed by atoms with Crippen LogP contribution in [0.1, 0.15) is 53.9 Å². The van der Waals surface area contributed by atoms with Gasteiger partial charge in [-0.25, -0.2) is 0 Å². The molecule has 1 heterocycles. The number of nitrogens with one attached hydrogen (secondary N) is 1. The van der Waals surface area contributed by atoms with Crippen LogP contribution in [0.2, 0.25) is 0 Å². The van der Waals surface area contributed by atoms with Crippen LogP contribution in [0.3, 0.4) is 0 Å². The summed E-state index contributed by atoms with van der Waals surface area (Å²) < 4.78 is 0. The molecule has 0 radical (unpaired) electrons. The number of hydrogen-bond acceptors (Lipinski definition) is 3. The Bertz CT molecular complexity index is 470. The summed E-state index contributed by atoms with van der Waals surface area (Å²) in [6, 6.07) is 0. The van der Waals surface area contributed by atoms with Crippen LogP contribution in [0, 0.1) is 16.2 Å². The molecule has 2 rings (SSSR count). The Morgan fingerprint density at radius 3 is 1.81 bits per heavy atom. The third-order valence-electron chi connectivity index (χ3n) is 5.23. The Morgan fingerprint density at radius 2 is 1.43 bits per heavy atom. The van der Waals surface area contributed by atoms with Gasteiger partial charge in [0, 0.05) is 29.3 Å². The van der Waals surface area contributed by atoms with Crippen molar-refractivity contribution in [2.75, 3.05) is 13.1 Å². The number of piperidine rings is 1. The minimum absolute atomic E-state index is 0.0622. The van der Waals surface area contributed by atoms with Gasteiger partial charge < -0.3 is 4.90 Å². The number of amides is 3. The summed E-state index contributed by atoms with van der Waals surface area (Å²) in [5.74, 6) is -0.404. The smallest absolute Gasteiger partial charge is 0.232 e. The molecule has 2 aliphatic rings. The second kappa shape index (κ2) is 4.82. The molecule has 5 nitrogen and oxygen atoms in total. The molecule has 0 aromatic rings. The zero-order chi connectivity index (χ0) is 16.1. The molecule has 1 aliphatic carbocycles. The molecule has 0 aromatic carbocycles. The van der Waals surface area contributed by atoms with Gasteiger partial charge >= 0.3 is 0 Å². The summed E-state index contributed by atoms with van der Waals surface area (Å²) in [4.78, 5) is 39.2. The van der Waals surface area contributed by atoms with Crippen molar-refractivity contribution in [2.24, 2.45) is 16.2 Å². The molecule has 2 fully saturated rings. The predicted octanol–water partition coefficient (Wildman–Crippen LogP) is 1.71. The molecule has 0 spiro atoms. The van der Waals surface area contributed by atoms with Crippen molar-refractivity contribution in [3.8, 4) is 0 Å². The van der Waals surface area contributed by atoms with Crippen molar-refractivity contribution in [3.05, 3.63) is 0 Å². The van der Waals surface area contributed by atoms with Gasteiger partial charge in [0.05, 0.1) is 0 Å². The molecule has 118 valence electrons. The fourth-order valence-corrected chi connectivity index (χ4v) is 4.54. The van der Waals surface area contributed by atoms with Gasteiger partial charge in [-0.3, -0.25) is 19.7 Å². The average molecular weight is 294 g/mol. The highest BCUT2D eigenvalue weighted by atomic mass is 16.2. The average Bonchev–Trinajstić information content (AvgIpc) is 2.37. The number of carbonyl (C=O) groups is 3. The maximum absolute atomic E-state index is 12.9. The SMILES string of the molecule is CCN(CC)C(=O)C1(C)CC2(C)CC(C)(C1)C(=O)NC2=O. The molecule has 0 aromatic heterocycles. The lowest BCUT2D eigenvalue weighted by Gasteiger charge is -2.54. The van der Waals surface area contributed by atoms with E-state index in [4.69, 9.17) is 0 Å². The lowest BCUT2D eigenvalue weighted by atomic mass is 9.52. The molecule has 2 unspecified atom stereocenters. The molecule has 2 bridgehead atoms. The molecule has 1 saturated heterocycles. The summed E-state index contributed by atoms with van der Waals surface area (Å²) in [5, 5.41) is 2.49. The number of carbonyl (C=O) groups excluding carboxylic acids is 3. The Kier molecular flexibility index (Phi) is 3.67. The van der Waals surface area contributed by atoms with E-state index < -0.39 is 16.2 Å². The first kappa shape index (κ1) is 16.0. The van der Waals surface area contributed by atoms with E-state index in [1.807, 2.05) is 34.6 Å². The van der Waals surface area contributed by atoms with E-state index in [1.165, 1.54) is 0 Å². The van der Waals surface area contributed by atoms with Crippen molar-refractivity contribution in [3.63, 3.8) is 0 Å². The van der Waals surface area contributed by atoms with Gasteiger partial charge in [0.1, 0.15) is 0 Å². The van der Waals surface area contributed by atoms with Crippen LogP contribution < -0.4 is 5.32 Å². The van der Waals surface area contributed by atoms with Gasteiger partial charge in [-0.2, -0.15) is 0 Å². The monoisotopic (exact) mass is 294 g/mol. The summed E-state index contributed by atoms with van der Waals surface area (Å²) in [7, 11) is 0. The highest BCUT2D eigenvalue weighted by molar-refractivity contribution is 6.04. The fraction of sp³-hybridized carbons (Fsp3) is 0.812. The molecule has 5 heteroatoms. The first-order valence-electron chi connectivity index (χ1n) is 7.75. The third-order valence-corrected chi connectivity index (χ3v) is 5.23. The lowest BCUT2D eigenvalue weighted by molar-refractivity contribution is -0.167. The van der Waals surface area contributed by atoms with Crippen molar-refractivity contribution in [2.45, 2.75) is 53.9 Å². The van der Waals surface area contributed by atoms with Gasteiger partial charge in [0.25, 0.3) is 0 Å². The van der Waals surface area contributed by atoms with Crippen molar-refractivity contribution in [1.29, 1.82) is 0 Å². The van der Waals surface area contributed by atoms with Crippen molar-refractivity contribution in [1.82, 2.24) is 10.2 Å². The largest absolute Gasteiger partial charge is 0.343 e. The number of hydrogen-bond donors (Lipinski definition) is 1. The Labute approximate surface area is 126 Å². The van der Waals surface area contributed by atoms with Crippen LogP contribution in [0.4, 0.5) is 0 Å². The molecule has 1 saturated carbocycles. The summed E-state index contributed by atoms with van der Waals surface area (Å²) in [6.07, 6.45) is 1.54. The summed E-state index contributed by atoms with van der Waals surface area (Å²) in [5.41, 5.74) is -1.93. The maximum atomic E-state index is 12.9. The van der Waals surface area contributed by atoms with Gasteiger partial charge in [-0.05, 0) is 33.1 Å². The number of nitrogens with zero attached hydrogens (tertiary/aromatic N) is 1. The predicted molar refractivity (Wildman–Crippen MR) is 79.2 cm³/mol. The number of imide groups is 1. The lowest BCUT2D eigenvalue weighted by Crippen LogP contribution is -2.63. The van der Waals surface area contributed by atoms with E-state index in [0.717, 1.165) is 0 Å². The Hall–Kier alpha value is -1.39. The first-order valence-corrected chi connectivity index (χ1v) is 7.75. The van der Waals surface area contributed by atoms with E-state index >= 15 is 0 Å². The molecule has 1 aliphatic heterocycles.